The number of methoxy groups -OCH3 is 1. The third kappa shape index (κ3) is 3.10. The molecule has 1 N–H and O–H groups in total. The van der Waals surface area contributed by atoms with Gasteiger partial charge >= 0.3 is 5.97 Å². The highest BCUT2D eigenvalue weighted by molar-refractivity contribution is 7.09. The number of nitrogens with one attached hydrogen (secondary N) is 1. The van der Waals surface area contributed by atoms with Gasteiger partial charge in [0.15, 0.2) is 0 Å². The molecule has 4 nitrogen and oxygen atoms in total. The molecule has 2 heterocycles. The van der Waals surface area contributed by atoms with Crippen molar-refractivity contribution in [1.82, 2.24) is 5.32 Å². The van der Waals surface area contributed by atoms with Gasteiger partial charge in [0, 0.05) is 31.2 Å². The van der Waals surface area contributed by atoms with Crippen LogP contribution in [0.3, 0.4) is 0 Å². The molecule has 0 amide bonds. The summed E-state index contributed by atoms with van der Waals surface area (Å²) in [5.74, 6) is -0.121. The van der Waals surface area contributed by atoms with Gasteiger partial charge in [-0.05, 0) is 24.3 Å². The first-order chi connectivity index (χ1) is 8.77. The number of carbonyl (C=O) groups is 1. The highest BCUT2D eigenvalue weighted by Gasteiger charge is 2.40. The molecule has 0 saturated carbocycles. The third-order valence-electron chi connectivity index (χ3n) is 3.41. The summed E-state index contributed by atoms with van der Waals surface area (Å²) in [4.78, 5) is 13.2. The number of esters is 1. The van der Waals surface area contributed by atoms with E-state index in [2.05, 4.69) is 16.8 Å². The molecule has 1 saturated heterocycles. The van der Waals surface area contributed by atoms with Crippen LogP contribution in [0.4, 0.5) is 0 Å². The molecular formula is C13H19NO3S. The molecule has 5 heteroatoms. The molecule has 1 fully saturated rings. The Balaban J connectivity index is 1.91. The van der Waals surface area contributed by atoms with Crippen molar-refractivity contribution in [3.8, 4) is 0 Å². The second-order valence-electron chi connectivity index (χ2n) is 4.57. The van der Waals surface area contributed by atoms with E-state index in [1.54, 1.807) is 11.3 Å². The van der Waals surface area contributed by atoms with E-state index < -0.39 is 5.41 Å². The zero-order valence-electron chi connectivity index (χ0n) is 10.6. The Morgan fingerprint density at radius 2 is 2.33 bits per heavy atom. The van der Waals surface area contributed by atoms with Crippen molar-refractivity contribution >= 4 is 17.3 Å². The second kappa shape index (κ2) is 6.31. The van der Waals surface area contributed by atoms with Gasteiger partial charge in [0.1, 0.15) is 0 Å². The summed E-state index contributed by atoms with van der Waals surface area (Å²) < 4.78 is 10.3. The average molecular weight is 269 g/mol. The molecule has 0 unspecified atom stereocenters. The first kappa shape index (κ1) is 13.5. The quantitative estimate of drug-likeness (QED) is 0.828. The van der Waals surface area contributed by atoms with Gasteiger partial charge in [-0.2, -0.15) is 0 Å². The predicted molar refractivity (Wildman–Crippen MR) is 70.5 cm³/mol. The van der Waals surface area contributed by atoms with E-state index in [0.29, 0.717) is 19.8 Å². The molecule has 0 aromatic carbocycles. The Hall–Kier alpha value is -0.910. The van der Waals surface area contributed by atoms with E-state index in [0.717, 1.165) is 19.4 Å². The molecule has 0 atom stereocenters. The number of carbonyl (C=O) groups excluding carboxylic acids is 1. The van der Waals surface area contributed by atoms with E-state index in [1.165, 1.54) is 12.0 Å². The van der Waals surface area contributed by atoms with Gasteiger partial charge in [0.05, 0.1) is 12.5 Å². The normalized spacial score (nSPS) is 18.5. The smallest absolute Gasteiger partial charge is 0.313 e. The zero-order chi connectivity index (χ0) is 12.8. The lowest BCUT2D eigenvalue weighted by atomic mass is 9.80. The lowest BCUT2D eigenvalue weighted by Gasteiger charge is -2.34. The number of hydrogen-bond acceptors (Lipinski definition) is 5. The molecule has 0 aliphatic carbocycles. The van der Waals surface area contributed by atoms with Crippen molar-refractivity contribution in [1.29, 1.82) is 0 Å². The van der Waals surface area contributed by atoms with E-state index in [9.17, 15) is 4.79 Å². The summed E-state index contributed by atoms with van der Waals surface area (Å²) in [5.41, 5.74) is -0.412. The van der Waals surface area contributed by atoms with Gasteiger partial charge in [-0.3, -0.25) is 4.79 Å². The van der Waals surface area contributed by atoms with Crippen LogP contribution in [0.1, 0.15) is 17.7 Å². The molecule has 100 valence electrons. The fourth-order valence-corrected chi connectivity index (χ4v) is 2.94. The van der Waals surface area contributed by atoms with Crippen LogP contribution in [0, 0.1) is 5.41 Å². The molecule has 1 aliphatic rings. The third-order valence-corrected chi connectivity index (χ3v) is 4.29. The molecule has 0 bridgehead atoms. The van der Waals surface area contributed by atoms with Gasteiger partial charge in [-0.1, -0.05) is 6.07 Å². The van der Waals surface area contributed by atoms with Crippen LogP contribution in [0.5, 0.6) is 0 Å². The van der Waals surface area contributed by atoms with E-state index in [4.69, 9.17) is 9.47 Å². The number of thiophene rings is 1. The second-order valence-corrected chi connectivity index (χ2v) is 5.60. The van der Waals surface area contributed by atoms with Crippen molar-refractivity contribution in [2.75, 3.05) is 26.9 Å². The first-order valence-corrected chi connectivity index (χ1v) is 7.04. The van der Waals surface area contributed by atoms with E-state index in [-0.39, 0.29) is 5.97 Å². The minimum absolute atomic E-state index is 0.121. The summed E-state index contributed by atoms with van der Waals surface area (Å²) in [6.07, 6.45) is 1.47. The molecule has 0 radical (unpaired) electrons. The minimum atomic E-state index is -0.412. The Morgan fingerprint density at radius 3 is 2.94 bits per heavy atom. The van der Waals surface area contributed by atoms with Gasteiger partial charge in [-0.25, -0.2) is 0 Å². The standard InChI is InChI=1S/C13H19NO3S/c1-16-12(15)13(4-6-17-7-5-13)10-14-9-11-3-2-8-18-11/h2-3,8,14H,4-7,9-10H2,1H3. The van der Waals surface area contributed by atoms with Gasteiger partial charge in [-0.15, -0.1) is 11.3 Å². The molecule has 1 aliphatic heterocycles. The van der Waals surface area contributed by atoms with Crippen LogP contribution in [0.25, 0.3) is 0 Å². The monoisotopic (exact) mass is 269 g/mol. The average Bonchev–Trinajstić information content (AvgIpc) is 2.92. The Labute approximate surface area is 111 Å². The van der Waals surface area contributed by atoms with Gasteiger partial charge in [0.25, 0.3) is 0 Å². The summed E-state index contributed by atoms with van der Waals surface area (Å²) in [7, 11) is 1.46. The lowest BCUT2D eigenvalue weighted by molar-refractivity contribution is -0.158. The highest BCUT2D eigenvalue weighted by atomic mass is 32.1. The number of hydrogen-bond donors (Lipinski definition) is 1. The minimum Gasteiger partial charge on any atom is -0.469 e. The lowest BCUT2D eigenvalue weighted by Crippen LogP contribution is -2.45. The van der Waals surface area contributed by atoms with Crippen LogP contribution in [0.15, 0.2) is 17.5 Å². The van der Waals surface area contributed by atoms with Crippen LogP contribution in [-0.4, -0.2) is 32.8 Å². The van der Waals surface area contributed by atoms with Crippen molar-refractivity contribution < 1.29 is 14.3 Å². The van der Waals surface area contributed by atoms with Crippen LogP contribution >= 0.6 is 11.3 Å². The van der Waals surface area contributed by atoms with Gasteiger partial charge < -0.3 is 14.8 Å². The van der Waals surface area contributed by atoms with Crippen molar-refractivity contribution in [2.24, 2.45) is 5.41 Å². The zero-order valence-corrected chi connectivity index (χ0v) is 11.4. The fraction of sp³-hybridized carbons (Fsp3) is 0.615. The Morgan fingerprint density at radius 1 is 1.56 bits per heavy atom. The van der Waals surface area contributed by atoms with Crippen LogP contribution in [0.2, 0.25) is 0 Å². The topological polar surface area (TPSA) is 47.6 Å². The highest BCUT2D eigenvalue weighted by Crippen LogP contribution is 2.31. The maximum Gasteiger partial charge on any atom is 0.313 e. The van der Waals surface area contributed by atoms with Gasteiger partial charge in [0.2, 0.25) is 0 Å². The largest absolute Gasteiger partial charge is 0.469 e. The molecule has 1 aromatic rings. The summed E-state index contributed by atoms with van der Waals surface area (Å²) in [5, 5.41) is 5.42. The fourth-order valence-electron chi connectivity index (χ4n) is 2.27. The molecular weight excluding hydrogens is 250 g/mol. The van der Waals surface area contributed by atoms with Crippen molar-refractivity contribution in [3.63, 3.8) is 0 Å². The van der Waals surface area contributed by atoms with Crippen molar-refractivity contribution in [2.45, 2.75) is 19.4 Å². The van der Waals surface area contributed by atoms with E-state index >= 15 is 0 Å². The van der Waals surface area contributed by atoms with E-state index in [1.807, 2.05) is 6.07 Å². The molecule has 1 aromatic heterocycles. The molecule has 0 spiro atoms. The first-order valence-electron chi connectivity index (χ1n) is 6.16. The Bertz CT molecular complexity index is 372. The van der Waals surface area contributed by atoms with Crippen LogP contribution < -0.4 is 5.32 Å². The SMILES string of the molecule is COC(=O)C1(CNCc2cccs2)CCOCC1. The number of ether oxygens (including phenoxy) is 2. The Kier molecular flexibility index (Phi) is 4.74. The van der Waals surface area contributed by atoms with Crippen LogP contribution in [-0.2, 0) is 20.8 Å². The van der Waals surface area contributed by atoms with Crippen molar-refractivity contribution in [3.05, 3.63) is 22.4 Å². The predicted octanol–water partition coefficient (Wildman–Crippen LogP) is 1.81. The molecule has 18 heavy (non-hydrogen) atoms. The summed E-state index contributed by atoms with van der Waals surface area (Å²) >= 11 is 1.72. The summed E-state index contributed by atoms with van der Waals surface area (Å²) in [6.45, 7) is 2.73. The molecule has 2 rings (SSSR count). The maximum absolute atomic E-state index is 12.0. The summed E-state index contributed by atoms with van der Waals surface area (Å²) in [6, 6.07) is 4.12. The maximum atomic E-state index is 12.0. The number of rotatable bonds is 5.